The van der Waals surface area contributed by atoms with Gasteiger partial charge in [0.2, 0.25) is 0 Å². The molecule has 0 saturated carbocycles. The Labute approximate surface area is 279 Å². The van der Waals surface area contributed by atoms with E-state index in [2.05, 4.69) is 0 Å². The minimum atomic E-state index is -0.893. The standard InChI is InChI=1S/C37H32N2O8S/c1-5-45-35(41)25-14-10-13-23(19-25)27-18-16-26(47-27)21-30-34(40)39-33(24-15-17-28(43-3)29(20-24)44-4)31(36(42)46-6-2)32(38-37(39)48-30)22-11-8-7-9-12-22/h7-21,33H,5-6H2,1-4H3/b30-21-. The monoisotopic (exact) mass is 664 g/mol. The predicted molar refractivity (Wildman–Crippen MR) is 181 cm³/mol. The molecule has 0 spiro atoms. The van der Waals surface area contributed by atoms with E-state index in [0.29, 0.717) is 60.3 Å². The first-order chi connectivity index (χ1) is 23.4. The number of methoxy groups -OCH3 is 2. The Bertz CT molecular complexity index is 2210. The van der Waals surface area contributed by atoms with Gasteiger partial charge in [0.15, 0.2) is 16.3 Å². The normalized spacial score (nSPS) is 14.2. The topological polar surface area (TPSA) is 119 Å². The van der Waals surface area contributed by atoms with Crippen molar-refractivity contribution in [3.8, 4) is 22.8 Å². The van der Waals surface area contributed by atoms with Gasteiger partial charge < -0.3 is 23.4 Å². The molecule has 1 unspecified atom stereocenters. The van der Waals surface area contributed by atoms with Crippen LogP contribution in [0.4, 0.5) is 0 Å². The summed E-state index contributed by atoms with van der Waals surface area (Å²) in [5.74, 6) is 0.865. The molecule has 244 valence electrons. The molecular weight excluding hydrogens is 632 g/mol. The fraction of sp³-hybridized carbons (Fsp3) is 0.189. The van der Waals surface area contributed by atoms with Gasteiger partial charge in [-0.1, -0.05) is 59.9 Å². The summed E-state index contributed by atoms with van der Waals surface area (Å²) >= 11 is 1.18. The van der Waals surface area contributed by atoms with Crippen LogP contribution in [-0.2, 0) is 14.3 Å². The second-order valence-electron chi connectivity index (χ2n) is 10.5. The molecule has 48 heavy (non-hydrogen) atoms. The second kappa shape index (κ2) is 14.0. The van der Waals surface area contributed by atoms with Crippen LogP contribution in [0.5, 0.6) is 11.5 Å². The number of nitrogens with zero attached hydrogens (tertiary/aromatic N) is 2. The summed E-state index contributed by atoms with van der Waals surface area (Å²) in [4.78, 5) is 45.6. The number of esters is 2. The minimum absolute atomic E-state index is 0.136. The highest BCUT2D eigenvalue weighted by Gasteiger charge is 2.35. The fourth-order valence-corrected chi connectivity index (χ4v) is 6.49. The molecule has 1 atom stereocenters. The summed E-state index contributed by atoms with van der Waals surface area (Å²) in [5, 5.41) is 0. The number of thiazole rings is 1. The molecule has 0 saturated heterocycles. The summed E-state index contributed by atoms with van der Waals surface area (Å²) in [6.07, 6.45) is 1.64. The molecule has 1 aliphatic heterocycles. The van der Waals surface area contributed by atoms with E-state index < -0.39 is 18.0 Å². The second-order valence-corrected chi connectivity index (χ2v) is 11.6. The van der Waals surface area contributed by atoms with E-state index in [1.807, 2.05) is 36.4 Å². The van der Waals surface area contributed by atoms with Gasteiger partial charge in [0.1, 0.15) is 11.5 Å². The van der Waals surface area contributed by atoms with E-state index in [0.717, 1.165) is 0 Å². The van der Waals surface area contributed by atoms with Crippen molar-refractivity contribution in [3.63, 3.8) is 0 Å². The summed E-state index contributed by atoms with van der Waals surface area (Å²) in [6.45, 7) is 3.88. The third kappa shape index (κ3) is 6.19. The van der Waals surface area contributed by atoms with Crippen molar-refractivity contribution in [2.75, 3.05) is 27.4 Å². The summed E-state index contributed by atoms with van der Waals surface area (Å²) in [7, 11) is 3.06. The number of fused-ring (bicyclic) bond motifs is 1. The lowest BCUT2D eigenvalue weighted by Gasteiger charge is -2.26. The van der Waals surface area contributed by atoms with Gasteiger partial charge >= 0.3 is 11.9 Å². The summed E-state index contributed by atoms with van der Waals surface area (Å²) < 4.78 is 29.7. The fourth-order valence-electron chi connectivity index (χ4n) is 5.51. The quantitative estimate of drug-likeness (QED) is 0.183. The van der Waals surface area contributed by atoms with Crippen LogP contribution in [0.25, 0.3) is 23.1 Å². The third-order valence-corrected chi connectivity index (χ3v) is 8.64. The SMILES string of the molecule is CCOC(=O)C1=C(c2ccccc2)N=c2s/c(=C\c3ccc(-c4cccc(C(=O)OCC)c4)o3)c(=O)n2C1c1ccc(OC)c(OC)c1. The van der Waals surface area contributed by atoms with Crippen molar-refractivity contribution in [2.24, 2.45) is 4.99 Å². The van der Waals surface area contributed by atoms with Crippen molar-refractivity contribution in [1.82, 2.24) is 4.57 Å². The summed E-state index contributed by atoms with van der Waals surface area (Å²) in [5.41, 5.74) is 2.65. The van der Waals surface area contributed by atoms with Crippen molar-refractivity contribution < 1.29 is 33.0 Å². The lowest BCUT2D eigenvalue weighted by Crippen LogP contribution is -2.40. The first-order valence-corrected chi connectivity index (χ1v) is 16.1. The van der Waals surface area contributed by atoms with Gasteiger partial charge in [-0.25, -0.2) is 14.6 Å². The predicted octanol–water partition coefficient (Wildman–Crippen LogP) is 5.39. The molecule has 0 radical (unpaired) electrons. The number of carbonyl (C=O) groups is 2. The molecule has 0 amide bonds. The number of furan rings is 1. The number of rotatable bonds is 10. The van der Waals surface area contributed by atoms with E-state index in [9.17, 15) is 14.4 Å². The highest BCUT2D eigenvalue weighted by Crippen LogP contribution is 2.38. The molecule has 3 heterocycles. The Kier molecular flexibility index (Phi) is 9.40. The zero-order valence-electron chi connectivity index (χ0n) is 26.7. The van der Waals surface area contributed by atoms with Crippen molar-refractivity contribution >= 4 is 35.0 Å². The Morgan fingerprint density at radius 3 is 2.31 bits per heavy atom. The maximum atomic E-state index is 14.3. The Morgan fingerprint density at radius 1 is 0.854 bits per heavy atom. The van der Waals surface area contributed by atoms with E-state index in [1.54, 1.807) is 68.5 Å². The molecule has 1 aliphatic rings. The highest BCUT2D eigenvalue weighted by atomic mass is 32.1. The average molecular weight is 665 g/mol. The van der Waals surface area contributed by atoms with Crippen molar-refractivity contribution in [3.05, 3.63) is 133 Å². The smallest absolute Gasteiger partial charge is 0.338 e. The first-order valence-electron chi connectivity index (χ1n) is 15.2. The Balaban J connectivity index is 1.52. The maximum absolute atomic E-state index is 14.3. The number of carbonyl (C=O) groups excluding carboxylic acids is 2. The minimum Gasteiger partial charge on any atom is -0.493 e. The van der Waals surface area contributed by atoms with Crippen LogP contribution in [0.2, 0.25) is 0 Å². The van der Waals surface area contributed by atoms with Gasteiger partial charge in [0, 0.05) is 17.2 Å². The highest BCUT2D eigenvalue weighted by molar-refractivity contribution is 7.07. The maximum Gasteiger partial charge on any atom is 0.338 e. The molecule has 0 fully saturated rings. The average Bonchev–Trinajstić information content (AvgIpc) is 3.71. The van der Waals surface area contributed by atoms with Gasteiger partial charge in [0.05, 0.1) is 54.8 Å². The number of aromatic nitrogens is 1. The first kappa shape index (κ1) is 32.3. The van der Waals surface area contributed by atoms with Gasteiger partial charge in [-0.3, -0.25) is 9.36 Å². The molecule has 11 heteroatoms. The molecule has 5 aromatic rings. The van der Waals surface area contributed by atoms with Crippen LogP contribution in [0.1, 0.15) is 47.1 Å². The number of hydrogen-bond donors (Lipinski definition) is 0. The molecule has 0 N–H and O–H groups in total. The molecule has 2 aromatic heterocycles. The van der Waals surface area contributed by atoms with E-state index in [1.165, 1.54) is 30.1 Å². The van der Waals surface area contributed by atoms with Crippen LogP contribution >= 0.6 is 11.3 Å². The van der Waals surface area contributed by atoms with Crippen LogP contribution < -0.4 is 24.4 Å². The lowest BCUT2D eigenvalue weighted by atomic mass is 9.93. The van der Waals surface area contributed by atoms with Crippen LogP contribution in [0, 0.1) is 0 Å². The zero-order chi connectivity index (χ0) is 33.8. The summed E-state index contributed by atoms with van der Waals surface area (Å²) in [6, 6.07) is 24.2. The van der Waals surface area contributed by atoms with Gasteiger partial charge in [0.25, 0.3) is 5.56 Å². The largest absolute Gasteiger partial charge is 0.493 e. The van der Waals surface area contributed by atoms with Crippen LogP contribution in [0.3, 0.4) is 0 Å². The van der Waals surface area contributed by atoms with Crippen molar-refractivity contribution in [1.29, 1.82) is 0 Å². The molecule has 6 rings (SSSR count). The zero-order valence-corrected chi connectivity index (χ0v) is 27.5. The third-order valence-electron chi connectivity index (χ3n) is 7.66. The number of ether oxygens (including phenoxy) is 4. The van der Waals surface area contributed by atoms with Gasteiger partial charge in [-0.2, -0.15) is 0 Å². The molecule has 10 nitrogen and oxygen atoms in total. The molecule has 0 aliphatic carbocycles. The van der Waals surface area contributed by atoms with Gasteiger partial charge in [-0.15, -0.1) is 0 Å². The van der Waals surface area contributed by atoms with E-state index in [4.69, 9.17) is 28.4 Å². The Hall–Kier alpha value is -5.68. The molecule has 3 aromatic carbocycles. The van der Waals surface area contributed by atoms with Crippen molar-refractivity contribution in [2.45, 2.75) is 19.9 Å². The van der Waals surface area contributed by atoms with Crippen LogP contribution in [0.15, 0.2) is 105 Å². The number of benzene rings is 3. The Morgan fingerprint density at radius 2 is 1.58 bits per heavy atom. The lowest BCUT2D eigenvalue weighted by molar-refractivity contribution is -0.138. The number of hydrogen-bond acceptors (Lipinski definition) is 10. The van der Waals surface area contributed by atoms with Crippen LogP contribution in [-0.4, -0.2) is 43.9 Å². The van der Waals surface area contributed by atoms with E-state index >= 15 is 0 Å². The van der Waals surface area contributed by atoms with E-state index in [-0.39, 0.29) is 24.3 Å². The van der Waals surface area contributed by atoms with Gasteiger partial charge in [-0.05, 0) is 55.8 Å². The molecule has 0 bridgehead atoms. The molecular formula is C37H32N2O8S.